The van der Waals surface area contributed by atoms with E-state index in [0.717, 1.165) is 23.4 Å². The lowest BCUT2D eigenvalue weighted by atomic mass is 9.53. The average Bonchev–Trinajstić information content (AvgIpc) is 2.36. The minimum Gasteiger partial charge on any atom is -0.387 e. The summed E-state index contributed by atoms with van der Waals surface area (Å²) in [7, 11) is 1.95. The molecular weight excluding hydrogens is 234 g/mol. The third-order valence-electron chi connectivity index (χ3n) is 5.47. The summed E-state index contributed by atoms with van der Waals surface area (Å²) in [6.07, 6.45) is 12.5. The predicted molar refractivity (Wildman–Crippen MR) is 78.3 cm³/mol. The lowest BCUT2D eigenvalue weighted by molar-refractivity contribution is 0.0107. The van der Waals surface area contributed by atoms with Gasteiger partial charge in [0.15, 0.2) is 0 Å². The Balaban J connectivity index is 1.58. The van der Waals surface area contributed by atoms with E-state index in [1.807, 2.05) is 19.4 Å². The second-order valence-corrected chi connectivity index (χ2v) is 7.04. The average molecular weight is 257 g/mol. The van der Waals surface area contributed by atoms with Gasteiger partial charge in [-0.05, 0) is 62.3 Å². The SMILES string of the molecule is CNc1cncc(NC23CC4CC(CC(C4)C2)C3)c1. The first kappa shape index (κ1) is 11.6. The fraction of sp³-hybridized carbons (Fsp3) is 0.688. The van der Waals surface area contributed by atoms with Crippen LogP contribution in [0.3, 0.4) is 0 Å². The molecule has 4 aliphatic carbocycles. The fourth-order valence-corrected chi connectivity index (χ4v) is 5.21. The molecule has 3 heteroatoms. The zero-order valence-corrected chi connectivity index (χ0v) is 11.7. The van der Waals surface area contributed by atoms with Gasteiger partial charge in [-0.15, -0.1) is 0 Å². The third-order valence-corrected chi connectivity index (χ3v) is 5.47. The van der Waals surface area contributed by atoms with E-state index in [-0.39, 0.29) is 0 Å². The van der Waals surface area contributed by atoms with E-state index >= 15 is 0 Å². The van der Waals surface area contributed by atoms with Gasteiger partial charge >= 0.3 is 0 Å². The number of nitrogens with zero attached hydrogens (tertiary/aromatic N) is 1. The quantitative estimate of drug-likeness (QED) is 0.870. The van der Waals surface area contributed by atoms with E-state index < -0.39 is 0 Å². The predicted octanol–water partition coefficient (Wildman–Crippen LogP) is 3.50. The minimum atomic E-state index is 0.378. The Labute approximate surface area is 115 Å². The van der Waals surface area contributed by atoms with Crippen LogP contribution in [0.5, 0.6) is 0 Å². The summed E-state index contributed by atoms with van der Waals surface area (Å²) in [5.74, 6) is 2.96. The van der Waals surface area contributed by atoms with Gasteiger partial charge in [0.25, 0.3) is 0 Å². The van der Waals surface area contributed by atoms with E-state index in [0.29, 0.717) is 5.54 Å². The van der Waals surface area contributed by atoms with E-state index in [1.165, 1.54) is 44.2 Å². The molecule has 0 spiro atoms. The van der Waals surface area contributed by atoms with Crippen LogP contribution < -0.4 is 10.6 Å². The fourth-order valence-electron chi connectivity index (χ4n) is 5.21. The Bertz CT molecular complexity index is 447. The molecule has 1 aromatic rings. The molecule has 102 valence electrons. The largest absolute Gasteiger partial charge is 0.387 e. The van der Waals surface area contributed by atoms with Gasteiger partial charge in [-0.1, -0.05) is 0 Å². The molecule has 1 heterocycles. The number of hydrogen-bond donors (Lipinski definition) is 2. The summed E-state index contributed by atoms with van der Waals surface area (Å²) in [5.41, 5.74) is 2.66. The van der Waals surface area contributed by atoms with Gasteiger partial charge in [0, 0.05) is 12.6 Å². The van der Waals surface area contributed by atoms with Crippen molar-refractivity contribution in [3.8, 4) is 0 Å². The molecule has 0 saturated heterocycles. The van der Waals surface area contributed by atoms with Gasteiger partial charge in [-0.3, -0.25) is 4.98 Å². The normalized spacial score (nSPS) is 39.3. The Morgan fingerprint density at radius 2 is 1.58 bits per heavy atom. The maximum Gasteiger partial charge on any atom is 0.0551 e. The van der Waals surface area contributed by atoms with E-state index in [1.54, 1.807) is 0 Å². The highest BCUT2D eigenvalue weighted by atomic mass is 15.0. The molecule has 0 radical (unpaired) electrons. The van der Waals surface area contributed by atoms with Gasteiger partial charge in [0.05, 0.1) is 23.8 Å². The molecule has 4 aliphatic rings. The van der Waals surface area contributed by atoms with Gasteiger partial charge in [0.1, 0.15) is 0 Å². The Hall–Kier alpha value is -1.25. The molecule has 2 N–H and O–H groups in total. The van der Waals surface area contributed by atoms with Crippen LogP contribution in [0.25, 0.3) is 0 Å². The molecule has 1 aromatic heterocycles. The molecule has 0 aliphatic heterocycles. The van der Waals surface area contributed by atoms with Crippen molar-refractivity contribution in [1.29, 1.82) is 0 Å². The summed E-state index contributed by atoms with van der Waals surface area (Å²) in [6, 6.07) is 2.19. The van der Waals surface area contributed by atoms with Gasteiger partial charge in [-0.25, -0.2) is 0 Å². The minimum absolute atomic E-state index is 0.378. The summed E-state index contributed by atoms with van der Waals surface area (Å²) < 4.78 is 0. The first-order valence-electron chi connectivity index (χ1n) is 7.66. The topological polar surface area (TPSA) is 37.0 Å². The number of hydrogen-bond acceptors (Lipinski definition) is 3. The highest BCUT2D eigenvalue weighted by Gasteiger charge is 2.50. The lowest BCUT2D eigenvalue weighted by Crippen LogP contribution is -2.54. The smallest absolute Gasteiger partial charge is 0.0551 e. The van der Waals surface area contributed by atoms with Crippen molar-refractivity contribution in [2.75, 3.05) is 17.7 Å². The van der Waals surface area contributed by atoms with Crippen molar-refractivity contribution in [2.24, 2.45) is 17.8 Å². The van der Waals surface area contributed by atoms with Gasteiger partial charge < -0.3 is 10.6 Å². The highest BCUT2D eigenvalue weighted by Crippen LogP contribution is 2.56. The molecule has 4 bridgehead atoms. The van der Waals surface area contributed by atoms with Crippen LogP contribution in [0.4, 0.5) is 11.4 Å². The molecule has 19 heavy (non-hydrogen) atoms. The first-order valence-corrected chi connectivity index (χ1v) is 7.66. The molecule has 4 saturated carbocycles. The molecule has 0 unspecified atom stereocenters. The number of aromatic nitrogens is 1. The monoisotopic (exact) mass is 257 g/mol. The van der Waals surface area contributed by atoms with Crippen molar-refractivity contribution in [3.63, 3.8) is 0 Å². The zero-order chi connectivity index (χ0) is 12.9. The second-order valence-electron chi connectivity index (χ2n) is 7.04. The first-order chi connectivity index (χ1) is 9.25. The van der Waals surface area contributed by atoms with Crippen LogP contribution in [0.2, 0.25) is 0 Å². The van der Waals surface area contributed by atoms with Crippen molar-refractivity contribution >= 4 is 11.4 Å². The van der Waals surface area contributed by atoms with E-state index in [2.05, 4.69) is 21.7 Å². The number of nitrogens with one attached hydrogen (secondary N) is 2. The summed E-state index contributed by atoms with van der Waals surface area (Å²) in [6.45, 7) is 0. The van der Waals surface area contributed by atoms with Crippen molar-refractivity contribution in [1.82, 2.24) is 4.98 Å². The molecule has 0 aromatic carbocycles. The zero-order valence-electron chi connectivity index (χ0n) is 11.7. The Morgan fingerprint density at radius 1 is 1.00 bits per heavy atom. The summed E-state index contributed by atoms with van der Waals surface area (Å²) >= 11 is 0. The molecule has 3 nitrogen and oxygen atoms in total. The molecule has 0 atom stereocenters. The maximum atomic E-state index is 4.33. The molecule has 0 amide bonds. The van der Waals surface area contributed by atoms with Gasteiger partial charge in [-0.2, -0.15) is 0 Å². The maximum absolute atomic E-state index is 4.33. The van der Waals surface area contributed by atoms with Crippen LogP contribution in [0.1, 0.15) is 38.5 Å². The summed E-state index contributed by atoms with van der Waals surface area (Å²) in [4.78, 5) is 4.33. The van der Waals surface area contributed by atoms with Gasteiger partial charge in [0.2, 0.25) is 0 Å². The molecule has 5 rings (SSSR count). The van der Waals surface area contributed by atoms with E-state index in [9.17, 15) is 0 Å². The van der Waals surface area contributed by atoms with Crippen LogP contribution in [-0.2, 0) is 0 Å². The second kappa shape index (κ2) is 4.12. The summed E-state index contributed by atoms with van der Waals surface area (Å²) in [5, 5.41) is 7.03. The number of anilines is 2. The Kier molecular flexibility index (Phi) is 2.51. The Morgan fingerprint density at radius 3 is 2.16 bits per heavy atom. The lowest BCUT2D eigenvalue weighted by Gasteiger charge is -2.57. The standard InChI is InChI=1S/C16H23N3/c1-17-14-5-15(10-18-9-14)19-16-6-11-2-12(7-16)4-13(3-11)8-16/h5,9-13,17,19H,2-4,6-8H2,1H3. The van der Waals surface area contributed by atoms with Crippen LogP contribution in [-0.4, -0.2) is 17.6 Å². The van der Waals surface area contributed by atoms with Crippen LogP contribution >= 0.6 is 0 Å². The molecule has 4 fully saturated rings. The number of pyridine rings is 1. The van der Waals surface area contributed by atoms with Crippen molar-refractivity contribution in [3.05, 3.63) is 18.5 Å². The van der Waals surface area contributed by atoms with Crippen molar-refractivity contribution in [2.45, 2.75) is 44.1 Å². The molecular formula is C16H23N3. The third kappa shape index (κ3) is 1.99. The van der Waals surface area contributed by atoms with Crippen LogP contribution in [0, 0.1) is 17.8 Å². The van der Waals surface area contributed by atoms with Crippen LogP contribution in [0.15, 0.2) is 18.5 Å². The van der Waals surface area contributed by atoms with E-state index in [4.69, 9.17) is 0 Å². The van der Waals surface area contributed by atoms with Crippen molar-refractivity contribution < 1.29 is 0 Å². The number of rotatable bonds is 3. The highest BCUT2D eigenvalue weighted by molar-refractivity contribution is 5.55.